The fourth-order valence-electron chi connectivity index (χ4n) is 3.22. The smallest absolute Gasteiger partial charge is 0.0573 e. The largest absolute Gasteiger partial charge is 0.393 e. The van der Waals surface area contributed by atoms with Crippen molar-refractivity contribution >= 4 is 0 Å². The monoisotopic (exact) mass is 197 g/mol. The Balaban J connectivity index is 1.96. The van der Waals surface area contributed by atoms with Crippen molar-refractivity contribution in [1.82, 2.24) is 0 Å². The number of aliphatic hydroxyl groups is 2. The minimum absolute atomic E-state index is 0.136. The zero-order chi connectivity index (χ0) is 10.1. The van der Waals surface area contributed by atoms with E-state index in [0.29, 0.717) is 11.8 Å². The van der Waals surface area contributed by atoms with Gasteiger partial charge in [-0.05, 0) is 43.4 Å². The molecule has 4 atom stereocenters. The normalized spacial score (nSPS) is 43.7. The van der Waals surface area contributed by atoms with Gasteiger partial charge in [-0.1, -0.05) is 19.8 Å². The Morgan fingerprint density at radius 1 is 0.857 bits per heavy atom. The summed E-state index contributed by atoms with van der Waals surface area (Å²) in [6.07, 6.45) is 6.16. The maximum atomic E-state index is 9.80. The Bertz CT molecular complexity index is 173. The van der Waals surface area contributed by atoms with Gasteiger partial charge in [0.1, 0.15) is 0 Å². The van der Waals surface area contributed by atoms with E-state index in [4.69, 9.17) is 0 Å². The molecule has 2 heteroatoms. The Labute approximate surface area is 86.3 Å². The van der Waals surface area contributed by atoms with Crippen LogP contribution >= 0.6 is 0 Å². The molecule has 0 aliphatic heterocycles. The molecule has 81 valence electrons. The number of hydrogen-bond acceptors (Lipinski definition) is 2. The lowest BCUT2D eigenvalue weighted by molar-refractivity contribution is 0.0977. The third-order valence-electron chi connectivity index (χ3n) is 4.13. The van der Waals surface area contributed by atoms with E-state index in [0.717, 1.165) is 38.5 Å². The summed E-state index contributed by atoms with van der Waals surface area (Å²) >= 11 is 0. The van der Waals surface area contributed by atoms with Gasteiger partial charge < -0.3 is 10.2 Å². The van der Waals surface area contributed by atoms with E-state index in [1.165, 1.54) is 5.92 Å². The molecule has 0 amide bonds. The quantitative estimate of drug-likeness (QED) is 0.710. The van der Waals surface area contributed by atoms with Gasteiger partial charge in [-0.2, -0.15) is 0 Å². The maximum absolute atomic E-state index is 9.80. The number of hydrogen-bond donors (Lipinski definition) is 2. The molecule has 0 saturated heterocycles. The van der Waals surface area contributed by atoms with Crippen molar-refractivity contribution in [2.24, 2.45) is 11.8 Å². The van der Waals surface area contributed by atoms with Gasteiger partial charge in [0.2, 0.25) is 0 Å². The predicted molar refractivity (Wildman–Crippen MR) is 55.6 cm³/mol. The molecule has 0 aromatic rings. The first kappa shape index (κ1) is 10.4. The van der Waals surface area contributed by atoms with Crippen LogP contribution in [0.5, 0.6) is 0 Å². The molecule has 2 saturated carbocycles. The average molecular weight is 197 g/mol. The van der Waals surface area contributed by atoms with Crippen molar-refractivity contribution in [3.05, 3.63) is 5.92 Å². The van der Waals surface area contributed by atoms with Crippen LogP contribution in [0.3, 0.4) is 0 Å². The molecular weight excluding hydrogens is 176 g/mol. The zero-order valence-corrected chi connectivity index (χ0v) is 8.95. The summed E-state index contributed by atoms with van der Waals surface area (Å²) in [6, 6.07) is 0. The first-order valence-electron chi connectivity index (χ1n) is 5.89. The minimum Gasteiger partial charge on any atom is -0.393 e. The van der Waals surface area contributed by atoms with E-state index < -0.39 is 0 Å². The van der Waals surface area contributed by atoms with Gasteiger partial charge in [-0.25, -0.2) is 0 Å². The second-order valence-corrected chi connectivity index (χ2v) is 4.95. The molecule has 0 aromatic heterocycles. The third-order valence-corrected chi connectivity index (χ3v) is 4.13. The first-order chi connectivity index (χ1) is 6.70. The predicted octanol–water partition coefficient (Wildman–Crippen LogP) is 1.90. The summed E-state index contributed by atoms with van der Waals surface area (Å²) in [6.45, 7) is 2.14. The van der Waals surface area contributed by atoms with Crippen LogP contribution < -0.4 is 0 Å². The van der Waals surface area contributed by atoms with E-state index in [2.05, 4.69) is 6.92 Å². The van der Waals surface area contributed by atoms with Gasteiger partial charge in [-0.3, -0.25) is 0 Å². The SMILES string of the molecule is C[C](C1CCCC1O)C1CCCC1O. The molecule has 1 radical (unpaired) electrons. The Kier molecular flexibility index (Phi) is 3.13. The average Bonchev–Trinajstić information content (AvgIpc) is 2.73. The van der Waals surface area contributed by atoms with Crippen LogP contribution in [0, 0.1) is 17.8 Å². The van der Waals surface area contributed by atoms with Crippen molar-refractivity contribution in [2.75, 3.05) is 0 Å². The standard InChI is InChI=1S/C12H21O2/c1-8(9-4-2-6-11(9)13)10-5-3-7-12(10)14/h9-14H,2-7H2,1H3. The Morgan fingerprint density at radius 3 is 1.57 bits per heavy atom. The molecule has 0 heterocycles. The lowest BCUT2D eigenvalue weighted by Crippen LogP contribution is -2.29. The fraction of sp³-hybridized carbons (Fsp3) is 0.917. The molecular formula is C12H21O2. The Morgan fingerprint density at radius 2 is 1.29 bits per heavy atom. The zero-order valence-electron chi connectivity index (χ0n) is 8.95. The highest BCUT2D eigenvalue weighted by atomic mass is 16.3. The van der Waals surface area contributed by atoms with E-state index in [-0.39, 0.29) is 12.2 Å². The molecule has 2 N–H and O–H groups in total. The van der Waals surface area contributed by atoms with E-state index in [1.807, 2.05) is 0 Å². The van der Waals surface area contributed by atoms with Crippen molar-refractivity contribution in [3.63, 3.8) is 0 Å². The van der Waals surface area contributed by atoms with Crippen LogP contribution in [-0.2, 0) is 0 Å². The lowest BCUT2D eigenvalue weighted by atomic mass is 9.79. The summed E-state index contributed by atoms with van der Waals surface area (Å²) in [5, 5.41) is 19.6. The van der Waals surface area contributed by atoms with Gasteiger partial charge in [0, 0.05) is 0 Å². The summed E-state index contributed by atoms with van der Waals surface area (Å²) in [5.74, 6) is 2.10. The van der Waals surface area contributed by atoms with E-state index in [1.54, 1.807) is 0 Å². The summed E-state index contributed by atoms with van der Waals surface area (Å²) in [4.78, 5) is 0. The van der Waals surface area contributed by atoms with Crippen molar-refractivity contribution in [3.8, 4) is 0 Å². The minimum atomic E-state index is -0.136. The van der Waals surface area contributed by atoms with Crippen LogP contribution in [0.4, 0.5) is 0 Å². The molecule has 0 spiro atoms. The third kappa shape index (κ3) is 1.82. The molecule has 0 aromatic carbocycles. The summed E-state index contributed by atoms with van der Waals surface area (Å²) in [7, 11) is 0. The highest BCUT2D eigenvalue weighted by Gasteiger charge is 2.38. The Hall–Kier alpha value is -0.0800. The molecule has 2 fully saturated rings. The van der Waals surface area contributed by atoms with Gasteiger partial charge in [0.15, 0.2) is 0 Å². The van der Waals surface area contributed by atoms with Crippen molar-refractivity contribution in [1.29, 1.82) is 0 Å². The van der Waals surface area contributed by atoms with Crippen molar-refractivity contribution < 1.29 is 10.2 Å². The lowest BCUT2D eigenvalue weighted by Gasteiger charge is -2.29. The van der Waals surface area contributed by atoms with Crippen LogP contribution in [0.15, 0.2) is 0 Å². The second-order valence-electron chi connectivity index (χ2n) is 4.95. The molecule has 2 rings (SSSR count). The van der Waals surface area contributed by atoms with Gasteiger partial charge in [0.05, 0.1) is 12.2 Å². The van der Waals surface area contributed by atoms with Crippen LogP contribution in [0.25, 0.3) is 0 Å². The van der Waals surface area contributed by atoms with Crippen LogP contribution in [0.2, 0.25) is 0 Å². The second kappa shape index (κ2) is 4.19. The molecule has 2 aliphatic carbocycles. The van der Waals surface area contributed by atoms with Crippen LogP contribution in [-0.4, -0.2) is 22.4 Å². The van der Waals surface area contributed by atoms with Crippen LogP contribution in [0.1, 0.15) is 45.4 Å². The topological polar surface area (TPSA) is 40.5 Å². The molecule has 0 bridgehead atoms. The maximum Gasteiger partial charge on any atom is 0.0573 e. The van der Waals surface area contributed by atoms with Gasteiger partial charge >= 0.3 is 0 Å². The molecule has 4 unspecified atom stereocenters. The highest BCUT2D eigenvalue weighted by Crippen LogP contribution is 2.42. The van der Waals surface area contributed by atoms with E-state index >= 15 is 0 Å². The molecule has 2 nitrogen and oxygen atoms in total. The number of aliphatic hydroxyl groups excluding tert-OH is 2. The van der Waals surface area contributed by atoms with Gasteiger partial charge in [-0.15, -0.1) is 0 Å². The van der Waals surface area contributed by atoms with E-state index in [9.17, 15) is 10.2 Å². The highest BCUT2D eigenvalue weighted by molar-refractivity contribution is 5.06. The fourth-order valence-corrected chi connectivity index (χ4v) is 3.22. The van der Waals surface area contributed by atoms with Gasteiger partial charge in [0.25, 0.3) is 0 Å². The number of rotatable bonds is 2. The van der Waals surface area contributed by atoms with Crippen molar-refractivity contribution in [2.45, 2.75) is 57.7 Å². The molecule has 2 aliphatic rings. The summed E-state index contributed by atoms with van der Waals surface area (Å²) in [5.41, 5.74) is 0. The first-order valence-corrected chi connectivity index (χ1v) is 5.89. The molecule has 14 heavy (non-hydrogen) atoms. The summed E-state index contributed by atoms with van der Waals surface area (Å²) < 4.78 is 0.